The van der Waals surface area contributed by atoms with Crippen LogP contribution in [0.1, 0.15) is 46.1 Å². The molecule has 118 valence electrons. The number of piperazine rings is 1. The molecule has 0 saturated carbocycles. The van der Waals surface area contributed by atoms with E-state index in [4.69, 9.17) is 0 Å². The van der Waals surface area contributed by atoms with E-state index in [0.29, 0.717) is 12.1 Å². The number of halogens is 1. The molecule has 1 aliphatic heterocycles. The van der Waals surface area contributed by atoms with Crippen molar-refractivity contribution in [1.29, 1.82) is 0 Å². The zero-order chi connectivity index (χ0) is 15.5. The van der Waals surface area contributed by atoms with Gasteiger partial charge in [0, 0.05) is 31.7 Å². The van der Waals surface area contributed by atoms with Crippen molar-refractivity contribution >= 4 is 0 Å². The molecule has 0 bridgehead atoms. The van der Waals surface area contributed by atoms with E-state index in [1.807, 2.05) is 12.1 Å². The topological polar surface area (TPSA) is 15.3 Å². The summed E-state index contributed by atoms with van der Waals surface area (Å²) in [6, 6.07) is 8.03. The summed E-state index contributed by atoms with van der Waals surface area (Å²) in [5, 5.41) is 3.70. The molecule has 2 atom stereocenters. The normalized spacial score (nSPS) is 24.2. The highest BCUT2D eigenvalue weighted by molar-refractivity contribution is 5.16. The molecule has 2 nitrogen and oxygen atoms in total. The van der Waals surface area contributed by atoms with Gasteiger partial charge in [0.2, 0.25) is 0 Å². The minimum absolute atomic E-state index is 0.157. The summed E-state index contributed by atoms with van der Waals surface area (Å²) in [6.45, 7) is 12.2. The van der Waals surface area contributed by atoms with Gasteiger partial charge in [0.25, 0.3) is 0 Å². The largest absolute Gasteiger partial charge is 0.311 e. The van der Waals surface area contributed by atoms with Crippen molar-refractivity contribution in [2.45, 2.75) is 59.2 Å². The fourth-order valence-corrected chi connectivity index (χ4v) is 3.28. The number of benzene rings is 1. The van der Waals surface area contributed by atoms with Crippen LogP contribution in [-0.2, 0) is 6.54 Å². The van der Waals surface area contributed by atoms with Crippen LogP contribution < -0.4 is 5.32 Å². The van der Waals surface area contributed by atoms with Crippen molar-refractivity contribution < 1.29 is 4.39 Å². The van der Waals surface area contributed by atoms with Crippen LogP contribution in [-0.4, -0.2) is 30.1 Å². The second-order valence-corrected chi connectivity index (χ2v) is 7.33. The molecule has 1 aliphatic rings. The van der Waals surface area contributed by atoms with E-state index in [9.17, 15) is 4.39 Å². The lowest BCUT2D eigenvalue weighted by molar-refractivity contribution is 0.0474. The van der Waals surface area contributed by atoms with Gasteiger partial charge in [-0.1, -0.05) is 46.2 Å². The van der Waals surface area contributed by atoms with Gasteiger partial charge in [0.05, 0.1) is 0 Å². The third-order valence-electron chi connectivity index (χ3n) is 4.43. The molecule has 1 N–H and O–H groups in total. The summed E-state index contributed by atoms with van der Waals surface area (Å²) < 4.78 is 13.1. The second-order valence-electron chi connectivity index (χ2n) is 7.33. The highest BCUT2D eigenvalue weighted by atomic mass is 19.1. The molecule has 0 aromatic heterocycles. The van der Waals surface area contributed by atoms with E-state index in [1.165, 1.54) is 18.4 Å². The lowest BCUT2D eigenvalue weighted by Gasteiger charge is -2.46. The lowest BCUT2D eigenvalue weighted by atomic mass is 9.83. The molecule has 1 heterocycles. The lowest BCUT2D eigenvalue weighted by Crippen LogP contribution is -2.60. The van der Waals surface area contributed by atoms with Gasteiger partial charge in [-0.05, 0) is 29.5 Å². The third kappa shape index (κ3) is 4.52. The first-order valence-electron chi connectivity index (χ1n) is 8.12. The van der Waals surface area contributed by atoms with E-state index in [1.54, 1.807) is 12.1 Å². The number of hydrogen-bond acceptors (Lipinski definition) is 2. The van der Waals surface area contributed by atoms with E-state index in [0.717, 1.165) is 19.6 Å². The molecule has 1 fully saturated rings. The predicted octanol–water partition coefficient (Wildman–Crippen LogP) is 3.81. The van der Waals surface area contributed by atoms with Crippen LogP contribution in [0.15, 0.2) is 24.3 Å². The Morgan fingerprint density at radius 1 is 1.24 bits per heavy atom. The summed E-state index contributed by atoms with van der Waals surface area (Å²) in [7, 11) is 0. The molecule has 1 aromatic carbocycles. The first-order valence-corrected chi connectivity index (χ1v) is 8.12. The molecular weight excluding hydrogens is 263 g/mol. The zero-order valence-corrected chi connectivity index (χ0v) is 13.8. The van der Waals surface area contributed by atoms with Gasteiger partial charge in [0.1, 0.15) is 5.82 Å². The molecule has 0 radical (unpaired) electrons. The fourth-order valence-electron chi connectivity index (χ4n) is 3.28. The molecule has 0 spiro atoms. The van der Waals surface area contributed by atoms with Crippen molar-refractivity contribution in [2.75, 3.05) is 13.1 Å². The maximum atomic E-state index is 13.1. The third-order valence-corrected chi connectivity index (χ3v) is 4.43. The maximum Gasteiger partial charge on any atom is 0.123 e. The summed E-state index contributed by atoms with van der Waals surface area (Å²) in [4.78, 5) is 2.57. The standard InChI is InChI=1S/C18H29FN2/c1-5-6-16-13-21(17(11-20-16)18(2,3)4)12-14-7-9-15(19)10-8-14/h7-10,16-17,20H,5-6,11-13H2,1-4H3. The molecule has 1 saturated heterocycles. The van der Waals surface area contributed by atoms with E-state index in [2.05, 4.69) is 37.9 Å². The molecule has 0 amide bonds. The van der Waals surface area contributed by atoms with Gasteiger partial charge in [-0.25, -0.2) is 4.39 Å². The van der Waals surface area contributed by atoms with Crippen LogP contribution in [0.25, 0.3) is 0 Å². The average Bonchev–Trinajstić information content (AvgIpc) is 2.41. The maximum absolute atomic E-state index is 13.1. The predicted molar refractivity (Wildman–Crippen MR) is 86.8 cm³/mol. The minimum atomic E-state index is -0.157. The van der Waals surface area contributed by atoms with Crippen LogP contribution in [0.4, 0.5) is 4.39 Å². The Kier molecular flexibility index (Phi) is 5.39. The first kappa shape index (κ1) is 16.4. The van der Waals surface area contributed by atoms with Gasteiger partial charge in [-0.2, -0.15) is 0 Å². The summed E-state index contributed by atoms with van der Waals surface area (Å²) in [5.41, 5.74) is 1.44. The Morgan fingerprint density at radius 3 is 2.48 bits per heavy atom. The minimum Gasteiger partial charge on any atom is -0.311 e. The Bertz CT molecular complexity index is 436. The molecule has 2 rings (SSSR count). The highest BCUT2D eigenvalue weighted by Gasteiger charge is 2.35. The molecule has 3 heteroatoms. The molecule has 1 aromatic rings. The van der Waals surface area contributed by atoms with Crippen LogP contribution >= 0.6 is 0 Å². The highest BCUT2D eigenvalue weighted by Crippen LogP contribution is 2.28. The van der Waals surface area contributed by atoms with Crippen LogP contribution in [0.3, 0.4) is 0 Å². The van der Waals surface area contributed by atoms with Gasteiger partial charge < -0.3 is 5.32 Å². The number of nitrogens with zero attached hydrogens (tertiary/aromatic N) is 1. The fraction of sp³-hybridized carbons (Fsp3) is 0.667. The zero-order valence-electron chi connectivity index (χ0n) is 13.8. The molecule has 0 aliphatic carbocycles. The quantitative estimate of drug-likeness (QED) is 0.907. The summed E-state index contributed by atoms with van der Waals surface area (Å²) >= 11 is 0. The van der Waals surface area contributed by atoms with Gasteiger partial charge >= 0.3 is 0 Å². The van der Waals surface area contributed by atoms with Crippen molar-refractivity contribution in [3.05, 3.63) is 35.6 Å². The Hall–Kier alpha value is -0.930. The van der Waals surface area contributed by atoms with Crippen LogP contribution in [0.2, 0.25) is 0 Å². The monoisotopic (exact) mass is 292 g/mol. The SMILES string of the molecule is CCCC1CN(Cc2ccc(F)cc2)C(C(C)(C)C)CN1. The van der Waals surface area contributed by atoms with Gasteiger partial charge in [-0.3, -0.25) is 4.90 Å². The van der Waals surface area contributed by atoms with Crippen LogP contribution in [0.5, 0.6) is 0 Å². The Labute approximate surface area is 128 Å². The smallest absolute Gasteiger partial charge is 0.123 e. The van der Waals surface area contributed by atoms with Crippen molar-refractivity contribution in [2.24, 2.45) is 5.41 Å². The van der Waals surface area contributed by atoms with Gasteiger partial charge in [-0.15, -0.1) is 0 Å². The van der Waals surface area contributed by atoms with Crippen molar-refractivity contribution in [3.63, 3.8) is 0 Å². The molecule has 21 heavy (non-hydrogen) atoms. The average molecular weight is 292 g/mol. The summed E-state index contributed by atoms with van der Waals surface area (Å²) in [5.74, 6) is -0.157. The molecule has 2 unspecified atom stereocenters. The van der Waals surface area contributed by atoms with Crippen LogP contribution in [0, 0.1) is 11.2 Å². The first-order chi connectivity index (χ1) is 9.90. The second kappa shape index (κ2) is 6.89. The van der Waals surface area contributed by atoms with Crippen molar-refractivity contribution in [3.8, 4) is 0 Å². The Morgan fingerprint density at radius 2 is 1.90 bits per heavy atom. The van der Waals surface area contributed by atoms with Crippen molar-refractivity contribution in [1.82, 2.24) is 10.2 Å². The van der Waals surface area contributed by atoms with Gasteiger partial charge in [0.15, 0.2) is 0 Å². The molecular formula is C18H29FN2. The number of hydrogen-bond donors (Lipinski definition) is 1. The van der Waals surface area contributed by atoms with E-state index in [-0.39, 0.29) is 11.2 Å². The number of nitrogens with one attached hydrogen (secondary N) is 1. The number of rotatable bonds is 4. The van der Waals surface area contributed by atoms with E-state index >= 15 is 0 Å². The Balaban J connectivity index is 2.10. The van der Waals surface area contributed by atoms with E-state index < -0.39 is 0 Å². The summed E-state index contributed by atoms with van der Waals surface area (Å²) in [6.07, 6.45) is 2.43.